The molecule has 3 rings (SSSR count). The highest BCUT2D eigenvalue weighted by Crippen LogP contribution is 2.19. The molecule has 2 N–H and O–H groups in total. The zero-order valence-corrected chi connectivity index (χ0v) is 13.6. The maximum absolute atomic E-state index is 12.2. The second-order valence-electron chi connectivity index (χ2n) is 6.46. The van der Waals surface area contributed by atoms with Gasteiger partial charge in [0.1, 0.15) is 12.1 Å². The molecular formula is C17H23N3O3. The van der Waals surface area contributed by atoms with Gasteiger partial charge in [0.25, 0.3) is 0 Å². The van der Waals surface area contributed by atoms with E-state index in [1.807, 2.05) is 0 Å². The van der Waals surface area contributed by atoms with Crippen LogP contribution in [0.15, 0.2) is 18.2 Å². The molecule has 2 heterocycles. The van der Waals surface area contributed by atoms with Gasteiger partial charge < -0.3 is 15.3 Å². The highest BCUT2D eigenvalue weighted by Gasteiger charge is 2.43. The van der Waals surface area contributed by atoms with Crippen molar-refractivity contribution in [1.29, 1.82) is 0 Å². The van der Waals surface area contributed by atoms with E-state index in [4.69, 9.17) is 0 Å². The fraction of sp³-hybridized carbons (Fsp3) is 0.529. The van der Waals surface area contributed by atoms with Crippen molar-refractivity contribution in [2.45, 2.75) is 32.5 Å². The quantitative estimate of drug-likeness (QED) is 0.810. The predicted molar refractivity (Wildman–Crippen MR) is 85.7 cm³/mol. The second kappa shape index (κ2) is 6.29. The summed E-state index contributed by atoms with van der Waals surface area (Å²) >= 11 is 0. The van der Waals surface area contributed by atoms with Crippen LogP contribution in [-0.2, 0) is 16.1 Å². The number of nitrogens with one attached hydrogen (secondary N) is 1. The van der Waals surface area contributed by atoms with Crippen molar-refractivity contribution in [1.82, 2.24) is 15.1 Å². The van der Waals surface area contributed by atoms with Crippen LogP contribution in [0.1, 0.15) is 16.7 Å². The molecule has 6 nitrogen and oxygen atoms in total. The summed E-state index contributed by atoms with van der Waals surface area (Å²) in [5, 5.41) is 11.8. The number of aryl methyl sites for hydroxylation is 2. The van der Waals surface area contributed by atoms with Crippen LogP contribution in [0.3, 0.4) is 0 Å². The topological polar surface area (TPSA) is 72.9 Å². The number of piperazine rings is 2. The average Bonchev–Trinajstić information content (AvgIpc) is 2.53. The van der Waals surface area contributed by atoms with Crippen molar-refractivity contribution in [3.05, 3.63) is 34.9 Å². The van der Waals surface area contributed by atoms with E-state index in [0.29, 0.717) is 13.1 Å². The monoisotopic (exact) mass is 317 g/mol. The third kappa shape index (κ3) is 3.09. The fourth-order valence-corrected chi connectivity index (χ4v) is 3.39. The van der Waals surface area contributed by atoms with Crippen LogP contribution in [0.25, 0.3) is 0 Å². The number of aliphatic hydroxyl groups is 1. The number of rotatable bonds is 3. The first-order valence-electron chi connectivity index (χ1n) is 8.00. The molecule has 2 fully saturated rings. The molecule has 2 atom stereocenters. The van der Waals surface area contributed by atoms with E-state index >= 15 is 0 Å². The summed E-state index contributed by atoms with van der Waals surface area (Å²) in [6.45, 7) is 6.40. The first kappa shape index (κ1) is 16.0. The Morgan fingerprint density at radius 3 is 2.74 bits per heavy atom. The van der Waals surface area contributed by atoms with Crippen LogP contribution in [0.5, 0.6) is 0 Å². The smallest absolute Gasteiger partial charge is 0.248 e. The van der Waals surface area contributed by atoms with Gasteiger partial charge in [0.05, 0.1) is 6.61 Å². The van der Waals surface area contributed by atoms with Crippen molar-refractivity contribution in [2.75, 3.05) is 26.2 Å². The Morgan fingerprint density at radius 2 is 2.04 bits per heavy atom. The lowest BCUT2D eigenvalue weighted by atomic mass is 10.0. The van der Waals surface area contributed by atoms with Crippen molar-refractivity contribution < 1.29 is 14.7 Å². The number of hydrogen-bond donors (Lipinski definition) is 2. The van der Waals surface area contributed by atoms with Crippen molar-refractivity contribution in [3.8, 4) is 0 Å². The molecule has 1 aromatic carbocycles. The molecule has 0 saturated carbocycles. The molecule has 2 aliphatic heterocycles. The van der Waals surface area contributed by atoms with Gasteiger partial charge in [-0.3, -0.25) is 14.5 Å². The molecule has 1 aromatic rings. The van der Waals surface area contributed by atoms with Gasteiger partial charge in [0.2, 0.25) is 11.8 Å². The number of benzene rings is 1. The van der Waals surface area contributed by atoms with Crippen LogP contribution in [0.2, 0.25) is 0 Å². The second-order valence-corrected chi connectivity index (χ2v) is 6.46. The van der Waals surface area contributed by atoms with Crippen LogP contribution in [0.4, 0.5) is 0 Å². The molecule has 2 aliphatic rings. The maximum Gasteiger partial charge on any atom is 0.248 e. The molecule has 124 valence electrons. The Balaban J connectivity index is 1.70. The predicted octanol–water partition coefficient (Wildman–Crippen LogP) is -0.193. The van der Waals surface area contributed by atoms with Gasteiger partial charge in [-0.15, -0.1) is 0 Å². The van der Waals surface area contributed by atoms with E-state index in [2.05, 4.69) is 42.3 Å². The molecule has 0 spiro atoms. The molecular weight excluding hydrogens is 294 g/mol. The first-order valence-corrected chi connectivity index (χ1v) is 8.00. The van der Waals surface area contributed by atoms with Gasteiger partial charge >= 0.3 is 0 Å². The minimum atomic E-state index is -0.787. The van der Waals surface area contributed by atoms with Crippen molar-refractivity contribution >= 4 is 11.8 Å². The van der Waals surface area contributed by atoms with Gasteiger partial charge in [-0.1, -0.05) is 23.8 Å². The average molecular weight is 317 g/mol. The van der Waals surface area contributed by atoms with Gasteiger partial charge in [0.15, 0.2) is 0 Å². The van der Waals surface area contributed by atoms with Crippen LogP contribution in [0, 0.1) is 13.8 Å². The van der Waals surface area contributed by atoms with E-state index < -0.39 is 12.1 Å². The van der Waals surface area contributed by atoms with Crippen molar-refractivity contribution in [3.63, 3.8) is 0 Å². The van der Waals surface area contributed by atoms with Gasteiger partial charge in [0, 0.05) is 26.2 Å². The fourth-order valence-electron chi connectivity index (χ4n) is 3.39. The molecule has 0 unspecified atom stereocenters. The zero-order chi connectivity index (χ0) is 16.6. The Kier molecular flexibility index (Phi) is 4.37. The number of nitrogens with zero attached hydrogens (tertiary/aromatic N) is 2. The summed E-state index contributed by atoms with van der Waals surface area (Å²) in [7, 11) is 0. The number of hydrogen-bond acceptors (Lipinski definition) is 4. The summed E-state index contributed by atoms with van der Waals surface area (Å²) in [6, 6.07) is 5.15. The highest BCUT2D eigenvalue weighted by atomic mass is 16.3. The molecule has 6 heteroatoms. The number of carbonyl (C=O) groups excluding carboxylic acids is 2. The van der Waals surface area contributed by atoms with E-state index in [1.54, 1.807) is 4.90 Å². The Labute approximate surface area is 136 Å². The summed E-state index contributed by atoms with van der Waals surface area (Å²) in [6.07, 6.45) is 0. The number of aliphatic hydroxyl groups excluding tert-OH is 1. The highest BCUT2D eigenvalue weighted by molar-refractivity contribution is 5.97. The van der Waals surface area contributed by atoms with Crippen molar-refractivity contribution in [2.24, 2.45) is 0 Å². The Hall–Kier alpha value is -1.92. The summed E-state index contributed by atoms with van der Waals surface area (Å²) < 4.78 is 0. The van der Waals surface area contributed by atoms with Gasteiger partial charge in [-0.2, -0.15) is 0 Å². The Morgan fingerprint density at radius 1 is 1.26 bits per heavy atom. The minimum Gasteiger partial charge on any atom is -0.394 e. The number of amides is 2. The molecule has 2 amide bonds. The maximum atomic E-state index is 12.2. The standard InChI is InChI=1S/C17H23N3O3/c1-11-3-4-13(12(2)7-11)8-19-5-6-20-15(9-19)16(22)18-14(10-21)17(20)23/h3-4,7,14-15,21H,5-6,8-10H2,1-2H3,(H,18,22)/t14-,15-/m1/s1. The first-order chi connectivity index (χ1) is 11.0. The van der Waals surface area contributed by atoms with Gasteiger partial charge in [-0.05, 0) is 25.0 Å². The SMILES string of the molecule is Cc1ccc(CN2CCN3C(=O)[C@@H](CO)NC(=O)[C@H]3C2)c(C)c1. The van der Waals surface area contributed by atoms with Gasteiger partial charge in [-0.25, -0.2) is 0 Å². The molecule has 23 heavy (non-hydrogen) atoms. The molecule has 0 aliphatic carbocycles. The molecule has 0 radical (unpaired) electrons. The third-order valence-electron chi connectivity index (χ3n) is 4.74. The summed E-state index contributed by atoms with van der Waals surface area (Å²) in [5.74, 6) is -0.350. The van der Waals surface area contributed by atoms with E-state index in [-0.39, 0.29) is 18.4 Å². The van der Waals surface area contributed by atoms with Crippen LogP contribution >= 0.6 is 0 Å². The lowest BCUT2D eigenvalue weighted by Crippen LogP contribution is -2.69. The third-order valence-corrected chi connectivity index (χ3v) is 4.74. The normalized spacial score (nSPS) is 25.3. The number of carbonyl (C=O) groups is 2. The minimum absolute atomic E-state index is 0.172. The number of fused-ring (bicyclic) bond motifs is 1. The summed E-state index contributed by atoms with van der Waals surface area (Å²) in [5.41, 5.74) is 3.74. The molecule has 0 bridgehead atoms. The molecule has 2 saturated heterocycles. The Bertz CT molecular complexity index is 632. The van der Waals surface area contributed by atoms with E-state index in [0.717, 1.165) is 13.1 Å². The largest absolute Gasteiger partial charge is 0.394 e. The zero-order valence-electron chi connectivity index (χ0n) is 13.6. The van der Waals surface area contributed by atoms with Crippen LogP contribution in [-0.4, -0.2) is 65.0 Å². The lowest BCUT2D eigenvalue weighted by molar-refractivity contribution is -0.154. The summed E-state index contributed by atoms with van der Waals surface area (Å²) in [4.78, 5) is 28.3. The van der Waals surface area contributed by atoms with Crippen LogP contribution < -0.4 is 5.32 Å². The molecule has 0 aromatic heterocycles. The van der Waals surface area contributed by atoms with E-state index in [9.17, 15) is 14.7 Å². The lowest BCUT2D eigenvalue weighted by Gasteiger charge is -2.45. The van der Waals surface area contributed by atoms with E-state index in [1.165, 1.54) is 16.7 Å².